The van der Waals surface area contributed by atoms with Gasteiger partial charge in [0.25, 0.3) is 11.8 Å². The molecular weight excluding hydrogens is 920 g/mol. The van der Waals surface area contributed by atoms with Crippen LogP contribution in [0.1, 0.15) is 26.5 Å². The maximum absolute atomic E-state index is 12.2. The zero-order valence-electron chi connectivity index (χ0n) is 33.5. The molecule has 6 aromatic rings. The summed E-state index contributed by atoms with van der Waals surface area (Å²) < 4.78 is 16.4. The number of amides is 3. The van der Waals surface area contributed by atoms with Crippen molar-refractivity contribution in [2.75, 3.05) is 61.6 Å². The number of rotatable bonds is 13. The van der Waals surface area contributed by atoms with E-state index < -0.39 is 12.2 Å². The van der Waals surface area contributed by atoms with E-state index in [0.29, 0.717) is 67.3 Å². The molecule has 2 aliphatic heterocycles. The number of thiazole rings is 1. The van der Waals surface area contributed by atoms with Gasteiger partial charge in [0.15, 0.2) is 0 Å². The second-order valence-corrected chi connectivity index (χ2v) is 17.7. The molecule has 0 radical (unpaired) electrons. The molecule has 15 nitrogen and oxygen atoms in total. The number of hydrogen-bond acceptors (Lipinski definition) is 15. The average Bonchev–Trinajstić information content (AvgIpc) is 4.07. The van der Waals surface area contributed by atoms with Gasteiger partial charge in [0.2, 0.25) is 0 Å². The number of nitriles is 2. The largest absolute Gasteiger partial charge is 0.491 e. The molecule has 3 amide bonds. The number of nitrogens with zero attached hydrogens (tertiary/aromatic N) is 6. The number of hydrogen-bond donors (Lipinski definition) is 3. The minimum atomic E-state index is -0.474. The van der Waals surface area contributed by atoms with Crippen LogP contribution in [0.2, 0.25) is 9.36 Å². The van der Waals surface area contributed by atoms with E-state index in [0.717, 1.165) is 22.0 Å². The SMILES string of the molecule is N#Cc1c(N)nc(SCc2csc(-c3ccc(Cl)cc3)n2)c(C#N)c1-c1ccc(OCCO)cc1.O=C(NC[C@H]1CN(c2ccc(N3CCOCC3=O)cc2)C(=O)O1)c1ccc(Cl)s1. The fourth-order valence-corrected chi connectivity index (χ4v) is 9.39. The number of morpholine rings is 1. The highest BCUT2D eigenvalue weighted by Crippen LogP contribution is 2.38. The molecule has 0 spiro atoms. The molecule has 0 unspecified atom stereocenters. The van der Waals surface area contributed by atoms with Crippen molar-refractivity contribution in [3.63, 3.8) is 0 Å². The van der Waals surface area contributed by atoms with E-state index in [-0.39, 0.29) is 55.1 Å². The monoisotopic (exact) mass is 954 g/mol. The van der Waals surface area contributed by atoms with Crippen molar-refractivity contribution in [1.82, 2.24) is 15.3 Å². The van der Waals surface area contributed by atoms with Crippen LogP contribution in [0.5, 0.6) is 5.75 Å². The Morgan fingerprint density at radius 3 is 2.31 bits per heavy atom. The van der Waals surface area contributed by atoms with Gasteiger partial charge < -0.3 is 35.3 Å². The second kappa shape index (κ2) is 21.4. The van der Waals surface area contributed by atoms with Gasteiger partial charge in [0.1, 0.15) is 58.6 Å². The highest BCUT2D eigenvalue weighted by molar-refractivity contribution is 7.98. The lowest BCUT2D eigenvalue weighted by atomic mass is 9.97. The number of cyclic esters (lactones) is 1. The van der Waals surface area contributed by atoms with Gasteiger partial charge in [-0.05, 0) is 66.2 Å². The van der Waals surface area contributed by atoms with E-state index in [1.165, 1.54) is 39.3 Å². The van der Waals surface area contributed by atoms with E-state index in [1.807, 2.05) is 29.6 Å². The van der Waals surface area contributed by atoms with Crippen LogP contribution >= 0.6 is 57.6 Å². The summed E-state index contributed by atoms with van der Waals surface area (Å²) in [6, 6.07) is 29.1. The number of halogens is 2. The van der Waals surface area contributed by atoms with Crippen molar-refractivity contribution >= 4 is 92.7 Å². The lowest BCUT2D eigenvalue weighted by Crippen LogP contribution is -2.41. The number of thiophene rings is 1. The maximum Gasteiger partial charge on any atom is 0.414 e. The summed E-state index contributed by atoms with van der Waals surface area (Å²) in [5.41, 5.74) is 10.8. The van der Waals surface area contributed by atoms with Crippen LogP contribution in [0, 0.1) is 22.7 Å². The number of nitrogens with two attached hydrogens (primary N) is 1. The van der Waals surface area contributed by atoms with Crippen LogP contribution in [0.3, 0.4) is 0 Å². The summed E-state index contributed by atoms with van der Waals surface area (Å²) in [7, 11) is 0. The van der Waals surface area contributed by atoms with E-state index in [4.69, 9.17) is 48.3 Å². The summed E-state index contributed by atoms with van der Waals surface area (Å²) in [6.07, 6.45) is -0.930. The fraction of sp³-hybridized carbons (Fsp3) is 0.205. The van der Waals surface area contributed by atoms with Crippen LogP contribution in [0.4, 0.5) is 22.0 Å². The highest BCUT2D eigenvalue weighted by atomic mass is 35.5. The Hall–Kier alpha value is -6.22. The third kappa shape index (κ3) is 11.1. The summed E-state index contributed by atoms with van der Waals surface area (Å²) in [5, 5.41) is 35.3. The molecule has 326 valence electrons. The minimum Gasteiger partial charge on any atom is -0.491 e. The van der Waals surface area contributed by atoms with Gasteiger partial charge in [-0.15, -0.1) is 22.7 Å². The normalized spacial score (nSPS) is 14.5. The van der Waals surface area contributed by atoms with Gasteiger partial charge in [0, 0.05) is 45.2 Å². The summed E-state index contributed by atoms with van der Waals surface area (Å²) in [4.78, 5) is 49.0. The quantitative estimate of drug-likeness (QED) is 0.0936. The van der Waals surface area contributed by atoms with E-state index in [9.17, 15) is 24.9 Å². The van der Waals surface area contributed by atoms with Gasteiger partial charge in [-0.2, -0.15) is 10.5 Å². The molecule has 20 heteroatoms. The Kier molecular flexibility index (Phi) is 15.3. The van der Waals surface area contributed by atoms with Gasteiger partial charge in [-0.1, -0.05) is 59.2 Å². The van der Waals surface area contributed by atoms with Crippen LogP contribution in [-0.4, -0.2) is 85.1 Å². The van der Waals surface area contributed by atoms with Crippen molar-refractivity contribution in [3.05, 3.63) is 121 Å². The molecule has 4 N–H and O–H groups in total. The standard InChI is InChI=1S/C25H18ClN5O2S2.C19H18ClN3O5S/c26-17-5-1-16(2-6-17)24-30-18(13-34-24)14-35-25-21(12-28)22(20(11-27)23(29)31-25)15-3-7-19(8-4-15)33-10-9-32;20-16-6-5-15(29-16)18(25)21-9-14-10-23(19(26)28-14)13-3-1-12(2-4-13)22-7-8-27-11-17(22)24/h1-8,13,32H,9-10,14H2,(H2,29,31);1-6,14H,7-11H2,(H,21,25)/t;14-/m.0/s1. The number of nitrogen functional groups attached to an aromatic ring is 1. The summed E-state index contributed by atoms with van der Waals surface area (Å²) in [6.45, 7) is 1.67. The first-order chi connectivity index (χ1) is 31.0. The molecule has 8 rings (SSSR count). The number of aliphatic hydroxyl groups excluding tert-OH is 1. The average molecular weight is 956 g/mol. The number of anilines is 3. The first kappa shape index (κ1) is 45.8. The van der Waals surface area contributed by atoms with Crippen LogP contribution in [0.25, 0.3) is 21.7 Å². The van der Waals surface area contributed by atoms with Crippen molar-refractivity contribution in [2.24, 2.45) is 0 Å². The Morgan fingerprint density at radius 2 is 1.66 bits per heavy atom. The van der Waals surface area contributed by atoms with E-state index >= 15 is 0 Å². The Labute approximate surface area is 389 Å². The van der Waals surface area contributed by atoms with E-state index in [2.05, 4.69) is 27.4 Å². The molecule has 1 atom stereocenters. The summed E-state index contributed by atoms with van der Waals surface area (Å²) >= 11 is 15.9. The van der Waals surface area contributed by atoms with Crippen LogP contribution < -0.4 is 25.6 Å². The highest BCUT2D eigenvalue weighted by Gasteiger charge is 2.33. The van der Waals surface area contributed by atoms with Crippen LogP contribution in [0.15, 0.2) is 95.3 Å². The third-order valence-corrected chi connectivity index (χ3v) is 13.0. The molecular formula is C44H36Cl2N8O7S3. The van der Waals surface area contributed by atoms with Crippen molar-refractivity contribution in [2.45, 2.75) is 16.9 Å². The second-order valence-electron chi connectivity index (χ2n) is 13.7. The Bertz CT molecular complexity index is 2720. The lowest BCUT2D eigenvalue weighted by molar-refractivity contribution is -0.125. The first-order valence-electron chi connectivity index (χ1n) is 19.4. The molecule has 0 bridgehead atoms. The number of thioether (sulfide) groups is 1. The van der Waals surface area contributed by atoms with Crippen LogP contribution in [-0.2, 0) is 20.0 Å². The molecule has 0 saturated carbocycles. The fourth-order valence-electron chi connectivity index (χ4n) is 6.49. The van der Waals surface area contributed by atoms with Gasteiger partial charge in [-0.25, -0.2) is 14.8 Å². The third-order valence-electron chi connectivity index (χ3n) is 9.54. The number of pyridine rings is 1. The molecule has 64 heavy (non-hydrogen) atoms. The van der Waals surface area contributed by atoms with Gasteiger partial charge in [0.05, 0.1) is 46.8 Å². The molecule has 3 aromatic heterocycles. The number of nitrogens with one attached hydrogen (secondary N) is 1. The Balaban J connectivity index is 0.000000195. The van der Waals surface area contributed by atoms with Crippen molar-refractivity contribution < 1.29 is 33.7 Å². The Morgan fingerprint density at radius 1 is 0.953 bits per heavy atom. The van der Waals surface area contributed by atoms with E-state index in [1.54, 1.807) is 65.6 Å². The lowest BCUT2D eigenvalue weighted by Gasteiger charge is -2.27. The van der Waals surface area contributed by atoms with Crippen molar-refractivity contribution in [1.29, 1.82) is 10.5 Å². The minimum absolute atomic E-state index is 0.0599. The van der Waals surface area contributed by atoms with Gasteiger partial charge in [-0.3, -0.25) is 14.5 Å². The van der Waals surface area contributed by atoms with Gasteiger partial charge >= 0.3 is 6.09 Å². The molecule has 2 fully saturated rings. The smallest absolute Gasteiger partial charge is 0.414 e. The molecule has 3 aromatic carbocycles. The number of aliphatic hydroxyl groups is 1. The molecule has 2 saturated heterocycles. The molecule has 5 heterocycles. The summed E-state index contributed by atoms with van der Waals surface area (Å²) in [5.74, 6) is 0.759. The predicted molar refractivity (Wildman–Crippen MR) is 247 cm³/mol. The number of carbonyl (C=O) groups is 3. The number of ether oxygens (including phenoxy) is 3. The number of carbonyl (C=O) groups excluding carboxylic acids is 3. The zero-order valence-corrected chi connectivity index (χ0v) is 37.5. The first-order valence-corrected chi connectivity index (χ1v) is 22.8. The number of aromatic nitrogens is 2. The molecule has 2 aliphatic rings. The topological polar surface area (TPSA) is 217 Å². The zero-order chi connectivity index (χ0) is 45.2. The predicted octanol–water partition coefficient (Wildman–Crippen LogP) is 8.03. The number of benzene rings is 3. The van der Waals surface area contributed by atoms with Crippen molar-refractivity contribution in [3.8, 4) is 39.6 Å². The molecule has 0 aliphatic carbocycles. The maximum atomic E-state index is 12.2.